The fourth-order valence-corrected chi connectivity index (χ4v) is 3.89. The minimum Gasteiger partial charge on any atom is -0.345 e. The van der Waals surface area contributed by atoms with Gasteiger partial charge in [0, 0.05) is 25.1 Å². The van der Waals surface area contributed by atoms with Crippen molar-refractivity contribution < 1.29 is 41.7 Å². The molecular formula is C22H34N4O9S. The lowest BCUT2D eigenvalue weighted by Crippen LogP contribution is -2.58. The molecule has 5 amide bonds. The van der Waals surface area contributed by atoms with Crippen LogP contribution in [0, 0.1) is 5.92 Å². The van der Waals surface area contributed by atoms with E-state index in [1.807, 2.05) is 0 Å². The van der Waals surface area contributed by atoms with Crippen LogP contribution in [0.4, 0.5) is 0 Å². The SMILES string of the molecule is CC(=O)[C@H](C)NC(=O)[C@@H](NC(=O)[C@H](CS(=O)(=O)O)NC(=O)CCCCCN1C(=O)C=CC1=O)C(C)C. The van der Waals surface area contributed by atoms with Gasteiger partial charge in [0.05, 0.1) is 6.04 Å². The van der Waals surface area contributed by atoms with Gasteiger partial charge in [-0.15, -0.1) is 0 Å². The molecular weight excluding hydrogens is 496 g/mol. The molecule has 1 aliphatic heterocycles. The van der Waals surface area contributed by atoms with Crippen molar-refractivity contribution in [2.45, 2.75) is 71.5 Å². The number of carbonyl (C=O) groups excluding carboxylic acids is 6. The number of Topliss-reactive ketones (excluding diaryl/α,β-unsaturated/α-hetero) is 1. The summed E-state index contributed by atoms with van der Waals surface area (Å²) < 4.78 is 32.1. The van der Waals surface area contributed by atoms with Crippen molar-refractivity contribution in [1.29, 1.82) is 0 Å². The standard InChI is InChI=1S/C22H34N4O9S/c1-13(2)20(22(32)23-14(3)15(4)27)25-21(31)16(12-36(33,34)35)24-17(28)8-6-5-7-11-26-18(29)9-10-19(26)30/h9-10,13-14,16,20H,5-8,11-12H2,1-4H3,(H,23,32)(H,24,28)(H,25,31)(H,33,34,35)/t14-,16-,20-/m0/s1. The van der Waals surface area contributed by atoms with Crippen LogP contribution in [0.25, 0.3) is 0 Å². The van der Waals surface area contributed by atoms with Crippen molar-refractivity contribution in [3.8, 4) is 0 Å². The Labute approximate surface area is 210 Å². The lowest BCUT2D eigenvalue weighted by atomic mass is 10.0. The van der Waals surface area contributed by atoms with Gasteiger partial charge >= 0.3 is 0 Å². The van der Waals surface area contributed by atoms with Crippen molar-refractivity contribution in [2.75, 3.05) is 12.3 Å². The normalized spacial score (nSPS) is 16.0. The number of rotatable bonds is 15. The number of hydrogen-bond donors (Lipinski definition) is 4. The fourth-order valence-electron chi connectivity index (χ4n) is 3.24. The zero-order valence-electron chi connectivity index (χ0n) is 20.8. The second kappa shape index (κ2) is 13.8. The van der Waals surface area contributed by atoms with Crippen LogP contribution in [0.2, 0.25) is 0 Å². The Balaban J connectivity index is 2.69. The van der Waals surface area contributed by atoms with Crippen molar-refractivity contribution in [3.05, 3.63) is 12.2 Å². The van der Waals surface area contributed by atoms with E-state index in [9.17, 15) is 41.7 Å². The molecule has 0 saturated carbocycles. The average Bonchev–Trinajstić information content (AvgIpc) is 3.07. The molecule has 3 atom stereocenters. The Kier molecular flexibility index (Phi) is 11.9. The molecule has 0 bridgehead atoms. The van der Waals surface area contributed by atoms with Gasteiger partial charge in [-0.05, 0) is 32.6 Å². The monoisotopic (exact) mass is 530 g/mol. The summed E-state index contributed by atoms with van der Waals surface area (Å²) in [6.07, 6.45) is 3.52. The molecule has 1 rings (SSSR count). The van der Waals surface area contributed by atoms with Crippen LogP contribution < -0.4 is 16.0 Å². The lowest BCUT2D eigenvalue weighted by molar-refractivity contribution is -0.137. The highest BCUT2D eigenvalue weighted by atomic mass is 32.2. The summed E-state index contributed by atoms with van der Waals surface area (Å²) in [5.41, 5.74) is 0. The molecule has 0 spiro atoms. The molecule has 36 heavy (non-hydrogen) atoms. The third kappa shape index (κ3) is 10.6. The lowest BCUT2D eigenvalue weighted by Gasteiger charge is -2.26. The Morgan fingerprint density at radius 2 is 1.50 bits per heavy atom. The molecule has 13 nitrogen and oxygen atoms in total. The molecule has 1 heterocycles. The molecule has 14 heteroatoms. The van der Waals surface area contributed by atoms with E-state index in [-0.39, 0.29) is 18.7 Å². The molecule has 202 valence electrons. The molecule has 0 aromatic carbocycles. The minimum atomic E-state index is -4.67. The number of nitrogens with zero attached hydrogens (tertiary/aromatic N) is 1. The van der Waals surface area contributed by atoms with Gasteiger partial charge in [0.1, 0.15) is 17.8 Å². The molecule has 0 aliphatic carbocycles. The average molecular weight is 531 g/mol. The van der Waals surface area contributed by atoms with Crippen molar-refractivity contribution in [3.63, 3.8) is 0 Å². The molecule has 0 aromatic heterocycles. The van der Waals surface area contributed by atoms with Crippen LogP contribution in [0.3, 0.4) is 0 Å². The molecule has 0 fully saturated rings. The molecule has 0 aromatic rings. The number of imide groups is 1. The molecule has 0 unspecified atom stereocenters. The number of amides is 5. The number of carbonyl (C=O) groups is 6. The predicted octanol–water partition coefficient (Wildman–Crippen LogP) is -0.921. The quantitative estimate of drug-likeness (QED) is 0.118. The van der Waals surface area contributed by atoms with Crippen LogP contribution in [-0.2, 0) is 38.9 Å². The van der Waals surface area contributed by atoms with Gasteiger partial charge in [-0.3, -0.25) is 38.2 Å². The van der Waals surface area contributed by atoms with Crippen LogP contribution in [0.15, 0.2) is 12.2 Å². The maximum Gasteiger partial charge on any atom is 0.267 e. The predicted molar refractivity (Wildman–Crippen MR) is 128 cm³/mol. The van der Waals surface area contributed by atoms with Crippen LogP contribution >= 0.6 is 0 Å². The molecule has 0 radical (unpaired) electrons. The Bertz CT molecular complexity index is 989. The third-order valence-corrected chi connectivity index (χ3v) is 6.19. The third-order valence-electron chi connectivity index (χ3n) is 5.43. The number of unbranched alkanes of at least 4 members (excludes halogenated alkanes) is 2. The van der Waals surface area contributed by atoms with E-state index in [4.69, 9.17) is 0 Å². The summed E-state index contributed by atoms with van der Waals surface area (Å²) in [5.74, 6) is -4.98. The van der Waals surface area contributed by atoms with E-state index in [1.165, 1.54) is 26.0 Å². The van der Waals surface area contributed by atoms with Crippen molar-refractivity contribution in [1.82, 2.24) is 20.9 Å². The Hall–Kier alpha value is -3.13. The van der Waals surface area contributed by atoms with Gasteiger partial charge in [-0.25, -0.2) is 0 Å². The van der Waals surface area contributed by atoms with Crippen molar-refractivity contribution >= 4 is 45.4 Å². The van der Waals surface area contributed by atoms with Gasteiger partial charge in [0.2, 0.25) is 17.7 Å². The highest BCUT2D eigenvalue weighted by Gasteiger charge is 2.32. The zero-order valence-corrected chi connectivity index (χ0v) is 21.6. The maximum absolute atomic E-state index is 12.8. The van der Waals surface area contributed by atoms with Gasteiger partial charge < -0.3 is 16.0 Å². The van der Waals surface area contributed by atoms with E-state index < -0.39 is 69.5 Å². The van der Waals surface area contributed by atoms with Crippen LogP contribution in [0.5, 0.6) is 0 Å². The Morgan fingerprint density at radius 1 is 0.917 bits per heavy atom. The second-order valence-corrected chi connectivity index (χ2v) is 10.4. The maximum atomic E-state index is 12.8. The van der Waals surface area contributed by atoms with Gasteiger partial charge in [-0.1, -0.05) is 20.3 Å². The molecule has 4 N–H and O–H groups in total. The first-order valence-electron chi connectivity index (χ1n) is 11.5. The first-order chi connectivity index (χ1) is 16.6. The van der Waals surface area contributed by atoms with E-state index in [0.29, 0.717) is 19.3 Å². The number of nitrogens with one attached hydrogen (secondary N) is 3. The van der Waals surface area contributed by atoms with E-state index in [0.717, 1.165) is 4.90 Å². The summed E-state index contributed by atoms with van der Waals surface area (Å²) in [7, 11) is -4.67. The topological polar surface area (TPSA) is 196 Å². The van der Waals surface area contributed by atoms with Gasteiger partial charge in [0.25, 0.3) is 21.9 Å². The summed E-state index contributed by atoms with van der Waals surface area (Å²) in [6, 6.07) is -3.61. The summed E-state index contributed by atoms with van der Waals surface area (Å²) in [5, 5.41) is 7.09. The van der Waals surface area contributed by atoms with E-state index in [1.54, 1.807) is 13.8 Å². The number of hydrogen-bond acceptors (Lipinski definition) is 8. The van der Waals surface area contributed by atoms with Gasteiger partial charge in [0.15, 0.2) is 5.78 Å². The highest BCUT2D eigenvalue weighted by Crippen LogP contribution is 2.08. The first kappa shape index (κ1) is 30.9. The highest BCUT2D eigenvalue weighted by molar-refractivity contribution is 7.85. The second-order valence-electron chi connectivity index (χ2n) is 8.91. The summed E-state index contributed by atoms with van der Waals surface area (Å²) in [6.45, 7) is 6.20. The number of ketones is 1. The van der Waals surface area contributed by atoms with E-state index >= 15 is 0 Å². The van der Waals surface area contributed by atoms with E-state index in [2.05, 4.69) is 16.0 Å². The largest absolute Gasteiger partial charge is 0.345 e. The zero-order chi connectivity index (χ0) is 27.6. The smallest absolute Gasteiger partial charge is 0.267 e. The summed E-state index contributed by atoms with van der Waals surface area (Å²) in [4.78, 5) is 73.1. The minimum absolute atomic E-state index is 0.0837. The van der Waals surface area contributed by atoms with Crippen molar-refractivity contribution in [2.24, 2.45) is 5.92 Å². The molecule has 0 saturated heterocycles. The Morgan fingerprint density at radius 3 is 2.00 bits per heavy atom. The summed E-state index contributed by atoms with van der Waals surface area (Å²) >= 11 is 0. The van der Waals surface area contributed by atoms with Crippen LogP contribution in [-0.4, -0.2) is 83.6 Å². The van der Waals surface area contributed by atoms with Crippen LogP contribution in [0.1, 0.15) is 53.4 Å². The first-order valence-corrected chi connectivity index (χ1v) is 13.1. The van der Waals surface area contributed by atoms with Gasteiger partial charge in [-0.2, -0.15) is 8.42 Å². The molecule has 1 aliphatic rings. The fraction of sp³-hybridized carbons (Fsp3) is 0.636.